The fourth-order valence-corrected chi connectivity index (χ4v) is 1.93. The normalized spacial score (nSPS) is 12.3. The van der Waals surface area contributed by atoms with Gasteiger partial charge in [-0.05, 0) is 24.6 Å². The summed E-state index contributed by atoms with van der Waals surface area (Å²) in [4.78, 5) is 10.1. The van der Waals surface area contributed by atoms with Crippen molar-refractivity contribution in [2.24, 2.45) is 0 Å². The van der Waals surface area contributed by atoms with Crippen LogP contribution in [0.5, 0.6) is 5.75 Å². The number of alkyl halides is 3. The standard InChI is InChI=1S/C14H11F3N2O4/c1-8-13(19(20)21)12(23-18-8)7-11(14(15,16)17)9-3-5-10(22-2)6-4-9/h3-7H,1-2H3. The molecule has 23 heavy (non-hydrogen) atoms. The fourth-order valence-electron chi connectivity index (χ4n) is 1.93. The lowest BCUT2D eigenvalue weighted by Gasteiger charge is -2.12. The minimum atomic E-state index is -4.73. The molecule has 2 rings (SSSR count). The second-order valence-corrected chi connectivity index (χ2v) is 4.52. The molecular weight excluding hydrogens is 317 g/mol. The van der Waals surface area contributed by atoms with E-state index in [0.717, 1.165) is 0 Å². The minimum Gasteiger partial charge on any atom is -0.497 e. The SMILES string of the molecule is COc1ccc(C(=Cc2onc(C)c2[N+](=O)[O-])C(F)(F)F)cc1. The van der Waals surface area contributed by atoms with Crippen LogP contribution in [0.15, 0.2) is 28.8 Å². The van der Waals surface area contributed by atoms with Crippen LogP contribution in [0.4, 0.5) is 18.9 Å². The van der Waals surface area contributed by atoms with Crippen LogP contribution in [0.25, 0.3) is 11.6 Å². The Morgan fingerprint density at radius 3 is 2.43 bits per heavy atom. The van der Waals surface area contributed by atoms with Gasteiger partial charge >= 0.3 is 11.9 Å². The monoisotopic (exact) mass is 328 g/mol. The second-order valence-electron chi connectivity index (χ2n) is 4.52. The lowest BCUT2D eigenvalue weighted by Crippen LogP contribution is -2.10. The average Bonchev–Trinajstić information content (AvgIpc) is 2.84. The zero-order valence-corrected chi connectivity index (χ0v) is 12.0. The first-order chi connectivity index (χ1) is 10.7. The van der Waals surface area contributed by atoms with Gasteiger partial charge in [0.2, 0.25) is 5.76 Å². The number of nitro groups is 1. The van der Waals surface area contributed by atoms with Gasteiger partial charge in [-0.3, -0.25) is 10.1 Å². The number of hydrogen-bond acceptors (Lipinski definition) is 5. The van der Waals surface area contributed by atoms with Gasteiger partial charge in [0, 0.05) is 6.08 Å². The highest BCUT2D eigenvalue weighted by Gasteiger charge is 2.36. The van der Waals surface area contributed by atoms with Crippen molar-refractivity contribution in [3.8, 4) is 5.75 Å². The van der Waals surface area contributed by atoms with Crippen LogP contribution in [0.3, 0.4) is 0 Å². The molecule has 0 N–H and O–H groups in total. The van der Waals surface area contributed by atoms with Crippen LogP contribution < -0.4 is 4.74 Å². The molecule has 0 saturated heterocycles. The summed E-state index contributed by atoms with van der Waals surface area (Å²) in [5, 5.41) is 14.3. The Bertz CT molecular complexity index is 748. The first-order valence-corrected chi connectivity index (χ1v) is 6.28. The molecule has 0 saturated carbocycles. The number of allylic oxidation sites excluding steroid dienone is 1. The number of methoxy groups -OCH3 is 1. The number of hydrogen-bond donors (Lipinski definition) is 0. The Balaban J connectivity index is 2.57. The van der Waals surface area contributed by atoms with Gasteiger partial charge in [-0.15, -0.1) is 0 Å². The molecule has 9 heteroatoms. The summed E-state index contributed by atoms with van der Waals surface area (Å²) in [6, 6.07) is 5.12. The molecule has 6 nitrogen and oxygen atoms in total. The Kier molecular flexibility index (Phi) is 4.39. The fraction of sp³-hybridized carbons (Fsp3) is 0.214. The number of aromatic nitrogens is 1. The number of benzene rings is 1. The highest BCUT2D eigenvalue weighted by Crippen LogP contribution is 2.37. The maximum Gasteiger partial charge on any atom is 0.417 e. The van der Waals surface area contributed by atoms with E-state index in [4.69, 9.17) is 4.74 Å². The summed E-state index contributed by atoms with van der Waals surface area (Å²) in [5.41, 5.74) is -1.96. The van der Waals surface area contributed by atoms with Crippen LogP contribution in [0, 0.1) is 17.0 Å². The molecule has 1 heterocycles. The molecule has 0 bridgehead atoms. The highest BCUT2D eigenvalue weighted by atomic mass is 19.4. The predicted octanol–water partition coefficient (Wildman–Crippen LogP) is 4.00. The van der Waals surface area contributed by atoms with Gasteiger partial charge in [0.25, 0.3) is 0 Å². The molecule has 0 aliphatic rings. The van der Waals surface area contributed by atoms with E-state index in [1.54, 1.807) is 0 Å². The molecule has 0 amide bonds. The maximum atomic E-state index is 13.3. The van der Waals surface area contributed by atoms with E-state index in [1.807, 2.05) is 0 Å². The quantitative estimate of drug-likeness (QED) is 0.626. The lowest BCUT2D eigenvalue weighted by molar-refractivity contribution is -0.386. The summed E-state index contributed by atoms with van der Waals surface area (Å²) in [6.45, 7) is 1.28. The molecule has 1 aromatic heterocycles. The molecule has 1 aromatic carbocycles. The maximum absolute atomic E-state index is 13.3. The number of halogens is 3. The Morgan fingerprint density at radius 1 is 1.35 bits per heavy atom. The van der Waals surface area contributed by atoms with E-state index in [0.29, 0.717) is 11.8 Å². The molecule has 0 atom stereocenters. The van der Waals surface area contributed by atoms with Gasteiger partial charge in [0.15, 0.2) is 5.69 Å². The third-order valence-corrected chi connectivity index (χ3v) is 3.02. The smallest absolute Gasteiger partial charge is 0.417 e. The molecular formula is C14H11F3N2O4. The molecule has 0 unspecified atom stereocenters. The van der Waals surface area contributed by atoms with Gasteiger partial charge in [-0.2, -0.15) is 13.2 Å². The largest absolute Gasteiger partial charge is 0.497 e. The third kappa shape index (κ3) is 3.50. The van der Waals surface area contributed by atoms with Crippen molar-refractivity contribution in [2.75, 3.05) is 7.11 Å². The van der Waals surface area contributed by atoms with E-state index in [9.17, 15) is 23.3 Å². The minimum absolute atomic E-state index is 0.0995. The second kappa shape index (κ2) is 6.11. The van der Waals surface area contributed by atoms with E-state index in [2.05, 4.69) is 9.68 Å². The first-order valence-electron chi connectivity index (χ1n) is 6.28. The van der Waals surface area contributed by atoms with Gasteiger partial charge in [-0.1, -0.05) is 17.3 Å². The summed E-state index contributed by atoms with van der Waals surface area (Å²) >= 11 is 0. The van der Waals surface area contributed by atoms with Crippen molar-refractivity contribution in [2.45, 2.75) is 13.1 Å². The molecule has 0 aliphatic heterocycles. The summed E-state index contributed by atoms with van der Waals surface area (Å²) in [6.07, 6.45) is -4.16. The van der Waals surface area contributed by atoms with Crippen LogP contribution in [-0.2, 0) is 0 Å². The van der Waals surface area contributed by atoms with E-state index >= 15 is 0 Å². The lowest BCUT2D eigenvalue weighted by atomic mass is 10.0. The molecule has 122 valence electrons. The number of nitrogens with zero attached hydrogens (tertiary/aromatic N) is 2. The van der Waals surface area contributed by atoms with Crippen LogP contribution >= 0.6 is 0 Å². The molecule has 0 spiro atoms. The van der Waals surface area contributed by atoms with Gasteiger partial charge in [0.1, 0.15) is 5.75 Å². The molecule has 0 radical (unpaired) electrons. The number of ether oxygens (including phenoxy) is 1. The van der Waals surface area contributed by atoms with E-state index in [1.165, 1.54) is 38.3 Å². The molecule has 0 aliphatic carbocycles. The zero-order valence-electron chi connectivity index (χ0n) is 12.0. The summed E-state index contributed by atoms with van der Waals surface area (Å²) in [5.74, 6) is -0.174. The third-order valence-electron chi connectivity index (χ3n) is 3.02. The van der Waals surface area contributed by atoms with Crippen molar-refractivity contribution in [3.63, 3.8) is 0 Å². The molecule has 2 aromatic rings. The van der Waals surface area contributed by atoms with Gasteiger partial charge in [-0.25, -0.2) is 0 Å². The van der Waals surface area contributed by atoms with E-state index in [-0.39, 0.29) is 11.3 Å². The van der Waals surface area contributed by atoms with E-state index < -0.39 is 28.1 Å². The van der Waals surface area contributed by atoms with Crippen molar-refractivity contribution >= 4 is 17.3 Å². The molecule has 0 fully saturated rings. The first kappa shape index (κ1) is 16.5. The van der Waals surface area contributed by atoms with Crippen LogP contribution in [0.2, 0.25) is 0 Å². The average molecular weight is 328 g/mol. The van der Waals surface area contributed by atoms with Gasteiger partial charge in [0.05, 0.1) is 17.6 Å². The number of rotatable bonds is 4. The number of aryl methyl sites for hydroxylation is 1. The van der Waals surface area contributed by atoms with Crippen molar-refractivity contribution < 1.29 is 27.4 Å². The Morgan fingerprint density at radius 2 is 1.96 bits per heavy atom. The van der Waals surface area contributed by atoms with Crippen molar-refractivity contribution in [3.05, 3.63) is 51.4 Å². The predicted molar refractivity (Wildman–Crippen MR) is 74.8 cm³/mol. The zero-order chi connectivity index (χ0) is 17.2. The summed E-state index contributed by atoms with van der Waals surface area (Å²) < 4.78 is 49.4. The van der Waals surface area contributed by atoms with Crippen LogP contribution in [0.1, 0.15) is 17.0 Å². The Labute approximate surface area is 128 Å². The van der Waals surface area contributed by atoms with Crippen molar-refractivity contribution in [1.29, 1.82) is 0 Å². The Hall–Kier alpha value is -2.84. The topological polar surface area (TPSA) is 78.4 Å². The highest BCUT2D eigenvalue weighted by molar-refractivity contribution is 5.85. The van der Waals surface area contributed by atoms with Crippen molar-refractivity contribution in [1.82, 2.24) is 5.16 Å². The van der Waals surface area contributed by atoms with Crippen LogP contribution in [-0.4, -0.2) is 23.4 Å². The van der Waals surface area contributed by atoms with Gasteiger partial charge < -0.3 is 9.26 Å². The summed E-state index contributed by atoms with van der Waals surface area (Å²) in [7, 11) is 1.39.